The van der Waals surface area contributed by atoms with E-state index in [2.05, 4.69) is 5.32 Å². The van der Waals surface area contributed by atoms with Gasteiger partial charge >= 0.3 is 0 Å². The van der Waals surface area contributed by atoms with Crippen LogP contribution in [0.15, 0.2) is 12.1 Å². The summed E-state index contributed by atoms with van der Waals surface area (Å²) in [6, 6.07) is 2.17. The van der Waals surface area contributed by atoms with Crippen LogP contribution in [0.5, 0.6) is 5.75 Å². The zero-order valence-electron chi connectivity index (χ0n) is 10.7. The summed E-state index contributed by atoms with van der Waals surface area (Å²) in [5, 5.41) is 22.1. The van der Waals surface area contributed by atoms with Gasteiger partial charge in [-0.1, -0.05) is 19.3 Å². The van der Waals surface area contributed by atoms with E-state index in [4.69, 9.17) is 5.11 Å². The Bertz CT molecular complexity index is 416. The average molecular weight is 271 g/mol. The van der Waals surface area contributed by atoms with Crippen molar-refractivity contribution in [2.24, 2.45) is 0 Å². The lowest BCUT2D eigenvalue weighted by atomic mass is 10.1. The zero-order chi connectivity index (χ0) is 13.8. The van der Waals surface area contributed by atoms with E-state index >= 15 is 0 Å². The van der Waals surface area contributed by atoms with Gasteiger partial charge in [-0.15, -0.1) is 0 Å². The maximum Gasteiger partial charge on any atom is 0.187 e. The van der Waals surface area contributed by atoms with Gasteiger partial charge in [0, 0.05) is 12.6 Å². The van der Waals surface area contributed by atoms with Crippen LogP contribution in [0.1, 0.15) is 37.7 Å². The highest BCUT2D eigenvalue weighted by Crippen LogP contribution is 2.22. The normalized spacial score (nSPS) is 24.2. The molecule has 5 heteroatoms. The van der Waals surface area contributed by atoms with Crippen LogP contribution in [0.3, 0.4) is 0 Å². The monoisotopic (exact) mass is 271 g/mol. The number of nitrogens with one attached hydrogen (secondary N) is 1. The van der Waals surface area contributed by atoms with E-state index < -0.39 is 23.5 Å². The molecule has 3 N–H and O–H groups in total. The number of aliphatic hydroxyl groups excluding tert-OH is 1. The van der Waals surface area contributed by atoms with E-state index in [1.165, 1.54) is 0 Å². The summed E-state index contributed by atoms with van der Waals surface area (Å²) < 4.78 is 26.4. The van der Waals surface area contributed by atoms with E-state index in [1.54, 1.807) is 0 Å². The van der Waals surface area contributed by atoms with Crippen molar-refractivity contribution in [3.05, 3.63) is 29.3 Å². The first kappa shape index (κ1) is 14.2. The summed E-state index contributed by atoms with van der Waals surface area (Å²) in [5.74, 6) is -2.87. The van der Waals surface area contributed by atoms with E-state index in [0.717, 1.165) is 44.2 Å². The Balaban J connectivity index is 1.98. The minimum Gasteiger partial charge on any atom is -0.503 e. The first-order valence-corrected chi connectivity index (χ1v) is 6.66. The number of halogens is 2. The summed E-state index contributed by atoms with van der Waals surface area (Å²) >= 11 is 0. The third-order valence-electron chi connectivity index (χ3n) is 3.62. The summed E-state index contributed by atoms with van der Waals surface area (Å²) in [6.07, 6.45) is 4.39. The number of phenols is 1. The number of aromatic hydroxyl groups is 1. The Kier molecular flexibility index (Phi) is 4.71. The third-order valence-corrected chi connectivity index (χ3v) is 3.62. The predicted molar refractivity (Wildman–Crippen MR) is 67.7 cm³/mol. The Morgan fingerprint density at radius 3 is 2.42 bits per heavy atom. The standard InChI is InChI=1S/C14H19F2NO2/c15-10-6-9(7-11(16)14(10)19)8-17-12-4-2-1-3-5-13(12)18/h6-7,12-13,17-19H,1-5,8H2. The molecule has 0 saturated heterocycles. The van der Waals surface area contributed by atoms with Gasteiger partial charge < -0.3 is 15.5 Å². The second-order valence-electron chi connectivity index (χ2n) is 5.10. The molecule has 0 heterocycles. The number of benzene rings is 1. The fraction of sp³-hybridized carbons (Fsp3) is 0.571. The van der Waals surface area contributed by atoms with Crippen LogP contribution in [-0.2, 0) is 6.54 Å². The number of aliphatic hydroxyl groups is 1. The van der Waals surface area contributed by atoms with Crippen molar-refractivity contribution in [1.29, 1.82) is 0 Å². The van der Waals surface area contributed by atoms with Crippen LogP contribution >= 0.6 is 0 Å². The van der Waals surface area contributed by atoms with Gasteiger partial charge in [0.2, 0.25) is 0 Å². The van der Waals surface area contributed by atoms with Crippen molar-refractivity contribution in [3.8, 4) is 5.75 Å². The molecule has 0 spiro atoms. The van der Waals surface area contributed by atoms with Gasteiger partial charge in [-0.05, 0) is 30.5 Å². The fourth-order valence-electron chi connectivity index (χ4n) is 2.50. The SMILES string of the molecule is Oc1c(F)cc(CNC2CCCCCC2O)cc1F. The quantitative estimate of drug-likeness (QED) is 0.740. The van der Waals surface area contributed by atoms with Crippen LogP contribution in [0.2, 0.25) is 0 Å². The van der Waals surface area contributed by atoms with Crippen molar-refractivity contribution in [1.82, 2.24) is 5.32 Å². The number of hydrogen-bond acceptors (Lipinski definition) is 3. The third kappa shape index (κ3) is 3.64. The van der Waals surface area contributed by atoms with Gasteiger partial charge in [0.05, 0.1) is 6.10 Å². The Morgan fingerprint density at radius 1 is 1.11 bits per heavy atom. The fourth-order valence-corrected chi connectivity index (χ4v) is 2.50. The van der Waals surface area contributed by atoms with Gasteiger partial charge in [-0.25, -0.2) is 8.78 Å². The maximum atomic E-state index is 13.2. The molecule has 1 aromatic rings. The first-order valence-electron chi connectivity index (χ1n) is 6.66. The maximum absolute atomic E-state index is 13.2. The van der Waals surface area contributed by atoms with Crippen LogP contribution in [0.25, 0.3) is 0 Å². The molecule has 1 aromatic carbocycles. The molecule has 0 bridgehead atoms. The molecule has 2 rings (SSSR count). The number of hydrogen-bond donors (Lipinski definition) is 3. The Hall–Kier alpha value is -1.20. The smallest absolute Gasteiger partial charge is 0.187 e. The number of rotatable bonds is 3. The van der Waals surface area contributed by atoms with Crippen molar-refractivity contribution in [2.75, 3.05) is 0 Å². The van der Waals surface area contributed by atoms with Gasteiger partial charge in [0.25, 0.3) is 0 Å². The summed E-state index contributed by atoms with van der Waals surface area (Å²) in [4.78, 5) is 0. The number of phenolic OH excluding ortho intramolecular Hbond substituents is 1. The average Bonchev–Trinajstić information content (AvgIpc) is 2.58. The lowest BCUT2D eigenvalue weighted by Gasteiger charge is -2.22. The van der Waals surface area contributed by atoms with Crippen molar-refractivity contribution >= 4 is 0 Å². The predicted octanol–water partition coefficient (Wildman–Crippen LogP) is 2.45. The van der Waals surface area contributed by atoms with E-state index in [1.807, 2.05) is 0 Å². The van der Waals surface area contributed by atoms with Gasteiger partial charge in [0.15, 0.2) is 17.4 Å². The molecular weight excluding hydrogens is 252 g/mol. The molecule has 1 fully saturated rings. The largest absolute Gasteiger partial charge is 0.503 e. The molecule has 0 aliphatic heterocycles. The van der Waals surface area contributed by atoms with Gasteiger partial charge in [-0.3, -0.25) is 0 Å². The lowest BCUT2D eigenvalue weighted by molar-refractivity contribution is 0.119. The van der Waals surface area contributed by atoms with E-state index in [0.29, 0.717) is 5.56 Å². The summed E-state index contributed by atoms with van der Waals surface area (Å²) in [6.45, 7) is 0.274. The topological polar surface area (TPSA) is 52.5 Å². The van der Waals surface area contributed by atoms with Crippen molar-refractivity contribution < 1.29 is 19.0 Å². The summed E-state index contributed by atoms with van der Waals surface area (Å²) in [5.41, 5.74) is 0.421. The molecular formula is C14H19F2NO2. The molecule has 19 heavy (non-hydrogen) atoms. The Morgan fingerprint density at radius 2 is 1.74 bits per heavy atom. The first-order chi connectivity index (χ1) is 9.08. The summed E-state index contributed by atoms with van der Waals surface area (Å²) in [7, 11) is 0. The second-order valence-corrected chi connectivity index (χ2v) is 5.10. The van der Waals surface area contributed by atoms with Crippen molar-refractivity contribution in [2.45, 2.75) is 50.8 Å². The van der Waals surface area contributed by atoms with Crippen LogP contribution in [0, 0.1) is 11.6 Å². The minimum atomic E-state index is -0.960. The van der Waals surface area contributed by atoms with Crippen LogP contribution in [-0.4, -0.2) is 22.4 Å². The molecule has 0 aromatic heterocycles. The molecule has 106 valence electrons. The molecule has 3 nitrogen and oxygen atoms in total. The van der Waals surface area contributed by atoms with Gasteiger partial charge in [0.1, 0.15) is 0 Å². The van der Waals surface area contributed by atoms with Crippen LogP contribution < -0.4 is 5.32 Å². The molecule has 0 amide bonds. The zero-order valence-corrected chi connectivity index (χ0v) is 10.7. The highest BCUT2D eigenvalue weighted by atomic mass is 19.1. The van der Waals surface area contributed by atoms with E-state index in [9.17, 15) is 13.9 Å². The molecule has 1 saturated carbocycles. The van der Waals surface area contributed by atoms with Gasteiger partial charge in [-0.2, -0.15) is 0 Å². The molecule has 1 aliphatic carbocycles. The van der Waals surface area contributed by atoms with Crippen LogP contribution in [0.4, 0.5) is 8.78 Å². The highest BCUT2D eigenvalue weighted by Gasteiger charge is 2.21. The molecule has 1 aliphatic rings. The molecule has 0 radical (unpaired) electrons. The van der Waals surface area contributed by atoms with Crippen molar-refractivity contribution in [3.63, 3.8) is 0 Å². The highest BCUT2D eigenvalue weighted by molar-refractivity contribution is 5.30. The molecule has 2 atom stereocenters. The second kappa shape index (κ2) is 6.30. The van der Waals surface area contributed by atoms with E-state index in [-0.39, 0.29) is 12.6 Å². The lowest BCUT2D eigenvalue weighted by Crippen LogP contribution is -2.38. The Labute approximate surface area is 111 Å². The molecule has 2 unspecified atom stereocenters. The minimum absolute atomic E-state index is 0.0394.